The standard InChI is InChI=1S/C27H29N3O3/c1-3-29-15-16-30(26(31)18-22-7-4-5-9-25(22)33-2)24(27(29)32)17-20-10-12-21(13-11-20)23-8-6-14-28-19-23/h4-14,19,24H,3,15-18H2,1-2H3/t24-/m1/s1. The van der Waals surface area contributed by atoms with Gasteiger partial charge >= 0.3 is 0 Å². The van der Waals surface area contributed by atoms with Gasteiger partial charge in [0, 0.05) is 44.0 Å². The third-order valence-electron chi connectivity index (χ3n) is 6.20. The molecule has 2 amide bonds. The summed E-state index contributed by atoms with van der Waals surface area (Å²) in [7, 11) is 1.60. The fourth-order valence-corrected chi connectivity index (χ4v) is 4.35. The van der Waals surface area contributed by atoms with E-state index in [1.165, 1.54) is 0 Å². The van der Waals surface area contributed by atoms with E-state index in [4.69, 9.17) is 4.74 Å². The summed E-state index contributed by atoms with van der Waals surface area (Å²) in [4.78, 5) is 34.3. The lowest BCUT2D eigenvalue weighted by molar-refractivity contribution is -0.150. The summed E-state index contributed by atoms with van der Waals surface area (Å²) in [5.41, 5.74) is 3.97. The van der Waals surface area contributed by atoms with Crippen molar-refractivity contribution in [2.24, 2.45) is 0 Å². The molecule has 1 aromatic heterocycles. The number of likely N-dealkylation sites (N-methyl/N-ethyl adjacent to an activating group) is 1. The van der Waals surface area contributed by atoms with Gasteiger partial charge in [0.25, 0.3) is 0 Å². The van der Waals surface area contributed by atoms with Crippen LogP contribution >= 0.6 is 0 Å². The number of carbonyl (C=O) groups excluding carboxylic acids is 2. The van der Waals surface area contributed by atoms with Gasteiger partial charge in [0.15, 0.2) is 0 Å². The number of benzene rings is 2. The van der Waals surface area contributed by atoms with E-state index in [1.54, 1.807) is 18.2 Å². The molecule has 2 aromatic carbocycles. The van der Waals surface area contributed by atoms with Crippen molar-refractivity contribution in [2.45, 2.75) is 25.8 Å². The molecule has 4 rings (SSSR count). The minimum absolute atomic E-state index is 0.00784. The summed E-state index contributed by atoms with van der Waals surface area (Å²) >= 11 is 0. The largest absolute Gasteiger partial charge is 0.496 e. The van der Waals surface area contributed by atoms with Crippen molar-refractivity contribution in [2.75, 3.05) is 26.7 Å². The third kappa shape index (κ3) is 5.06. The highest BCUT2D eigenvalue weighted by molar-refractivity contribution is 5.90. The Hall–Kier alpha value is -3.67. The molecule has 2 heterocycles. The number of nitrogens with zero attached hydrogens (tertiary/aromatic N) is 3. The van der Waals surface area contributed by atoms with Crippen molar-refractivity contribution in [1.29, 1.82) is 0 Å². The highest BCUT2D eigenvalue weighted by Crippen LogP contribution is 2.24. The van der Waals surface area contributed by atoms with Gasteiger partial charge in [-0.15, -0.1) is 0 Å². The number of aromatic nitrogens is 1. The third-order valence-corrected chi connectivity index (χ3v) is 6.20. The quantitative estimate of drug-likeness (QED) is 0.560. The Morgan fingerprint density at radius 1 is 1.03 bits per heavy atom. The number of amides is 2. The monoisotopic (exact) mass is 443 g/mol. The average Bonchev–Trinajstić information content (AvgIpc) is 2.86. The van der Waals surface area contributed by atoms with Gasteiger partial charge in [-0.05, 0) is 35.7 Å². The Bertz CT molecular complexity index is 1100. The molecule has 1 aliphatic heterocycles. The van der Waals surface area contributed by atoms with Crippen molar-refractivity contribution in [3.05, 3.63) is 84.2 Å². The Labute approximate surface area is 194 Å². The van der Waals surface area contributed by atoms with Crippen LogP contribution < -0.4 is 4.74 Å². The Morgan fingerprint density at radius 3 is 2.52 bits per heavy atom. The zero-order valence-electron chi connectivity index (χ0n) is 19.1. The smallest absolute Gasteiger partial charge is 0.245 e. The summed E-state index contributed by atoms with van der Waals surface area (Å²) in [6.07, 6.45) is 4.28. The van der Waals surface area contributed by atoms with E-state index < -0.39 is 6.04 Å². The molecule has 1 saturated heterocycles. The topological polar surface area (TPSA) is 62.7 Å². The van der Waals surface area contributed by atoms with Gasteiger partial charge in [-0.1, -0.05) is 48.5 Å². The summed E-state index contributed by atoms with van der Waals surface area (Å²) in [6, 6.07) is 19.1. The lowest BCUT2D eigenvalue weighted by Crippen LogP contribution is -2.59. The number of para-hydroxylation sites is 1. The second kappa shape index (κ2) is 10.3. The second-order valence-corrected chi connectivity index (χ2v) is 8.15. The molecule has 0 saturated carbocycles. The molecule has 6 nitrogen and oxygen atoms in total. The maximum Gasteiger partial charge on any atom is 0.245 e. The number of hydrogen-bond acceptors (Lipinski definition) is 4. The Kier molecular flexibility index (Phi) is 7.03. The molecule has 0 unspecified atom stereocenters. The highest BCUT2D eigenvalue weighted by atomic mass is 16.5. The number of methoxy groups -OCH3 is 1. The Balaban J connectivity index is 1.54. The van der Waals surface area contributed by atoms with Crippen LogP contribution in [0.25, 0.3) is 11.1 Å². The van der Waals surface area contributed by atoms with Crippen LogP contribution in [0.2, 0.25) is 0 Å². The van der Waals surface area contributed by atoms with E-state index >= 15 is 0 Å². The van der Waals surface area contributed by atoms with Crippen molar-refractivity contribution in [3.8, 4) is 16.9 Å². The first-order chi connectivity index (χ1) is 16.1. The lowest BCUT2D eigenvalue weighted by atomic mass is 9.98. The van der Waals surface area contributed by atoms with Gasteiger partial charge in [0.05, 0.1) is 13.5 Å². The molecule has 0 radical (unpaired) electrons. The molecular formula is C27H29N3O3. The number of rotatable bonds is 7. The van der Waals surface area contributed by atoms with Crippen LogP contribution in [-0.2, 0) is 22.4 Å². The van der Waals surface area contributed by atoms with E-state index in [2.05, 4.69) is 4.98 Å². The van der Waals surface area contributed by atoms with Gasteiger partial charge < -0.3 is 14.5 Å². The first-order valence-electron chi connectivity index (χ1n) is 11.3. The molecule has 170 valence electrons. The van der Waals surface area contributed by atoms with E-state index in [0.717, 1.165) is 22.3 Å². The van der Waals surface area contributed by atoms with Crippen molar-refractivity contribution in [1.82, 2.24) is 14.8 Å². The normalized spacial score (nSPS) is 16.1. The molecule has 1 atom stereocenters. The first-order valence-corrected chi connectivity index (χ1v) is 11.3. The van der Waals surface area contributed by atoms with Crippen LogP contribution in [0.5, 0.6) is 5.75 Å². The predicted octanol–water partition coefficient (Wildman–Crippen LogP) is 3.60. The summed E-state index contributed by atoms with van der Waals surface area (Å²) in [6.45, 7) is 3.71. The number of hydrogen-bond donors (Lipinski definition) is 0. The van der Waals surface area contributed by atoms with Gasteiger partial charge in [0.2, 0.25) is 11.8 Å². The SMILES string of the molecule is CCN1CCN(C(=O)Cc2ccccc2OC)[C@H](Cc2ccc(-c3cccnc3)cc2)C1=O. The lowest BCUT2D eigenvalue weighted by Gasteiger charge is -2.40. The fourth-order valence-electron chi connectivity index (χ4n) is 4.35. The molecule has 0 spiro atoms. The van der Waals surface area contributed by atoms with Gasteiger partial charge in [0.1, 0.15) is 11.8 Å². The average molecular weight is 444 g/mol. The number of carbonyl (C=O) groups is 2. The zero-order chi connectivity index (χ0) is 23.2. The van der Waals surface area contributed by atoms with Crippen LogP contribution in [0, 0.1) is 0 Å². The van der Waals surface area contributed by atoms with Crippen LogP contribution in [0.15, 0.2) is 73.1 Å². The number of pyridine rings is 1. The van der Waals surface area contributed by atoms with Crippen LogP contribution in [0.4, 0.5) is 0 Å². The van der Waals surface area contributed by atoms with E-state index in [9.17, 15) is 9.59 Å². The first kappa shape index (κ1) is 22.5. The molecule has 0 aliphatic carbocycles. The molecule has 0 bridgehead atoms. The molecule has 6 heteroatoms. The minimum Gasteiger partial charge on any atom is -0.496 e. The fraction of sp³-hybridized carbons (Fsp3) is 0.296. The maximum absolute atomic E-state index is 13.3. The van der Waals surface area contributed by atoms with Crippen molar-refractivity contribution >= 4 is 11.8 Å². The molecular weight excluding hydrogens is 414 g/mol. The molecule has 1 fully saturated rings. The van der Waals surface area contributed by atoms with Crippen molar-refractivity contribution in [3.63, 3.8) is 0 Å². The molecule has 1 aliphatic rings. The Morgan fingerprint density at radius 2 is 1.82 bits per heavy atom. The maximum atomic E-state index is 13.3. The minimum atomic E-state index is -0.509. The van der Waals surface area contributed by atoms with E-state index in [0.29, 0.717) is 31.8 Å². The van der Waals surface area contributed by atoms with E-state index in [-0.39, 0.29) is 18.2 Å². The van der Waals surface area contributed by atoms with Crippen LogP contribution in [0.1, 0.15) is 18.1 Å². The van der Waals surface area contributed by atoms with Crippen LogP contribution in [-0.4, -0.2) is 59.4 Å². The zero-order valence-corrected chi connectivity index (χ0v) is 19.1. The summed E-state index contributed by atoms with van der Waals surface area (Å²) in [5, 5.41) is 0. The number of ether oxygens (including phenoxy) is 1. The summed E-state index contributed by atoms with van der Waals surface area (Å²) in [5.74, 6) is 0.640. The second-order valence-electron chi connectivity index (χ2n) is 8.15. The van der Waals surface area contributed by atoms with E-state index in [1.807, 2.05) is 78.7 Å². The van der Waals surface area contributed by atoms with Gasteiger partial charge in [-0.25, -0.2) is 0 Å². The highest BCUT2D eigenvalue weighted by Gasteiger charge is 2.36. The van der Waals surface area contributed by atoms with Gasteiger partial charge in [-0.3, -0.25) is 14.6 Å². The molecule has 3 aromatic rings. The van der Waals surface area contributed by atoms with Gasteiger partial charge in [-0.2, -0.15) is 0 Å². The summed E-state index contributed by atoms with van der Waals surface area (Å²) < 4.78 is 5.41. The van der Waals surface area contributed by atoms with Crippen LogP contribution in [0.3, 0.4) is 0 Å². The molecule has 33 heavy (non-hydrogen) atoms. The number of piperazine rings is 1. The predicted molar refractivity (Wildman–Crippen MR) is 128 cm³/mol. The molecule has 0 N–H and O–H groups in total. The van der Waals surface area contributed by atoms with Crippen molar-refractivity contribution < 1.29 is 14.3 Å².